The van der Waals surface area contributed by atoms with Crippen molar-refractivity contribution in [3.63, 3.8) is 0 Å². The lowest BCUT2D eigenvalue weighted by molar-refractivity contribution is -0.117. The summed E-state index contributed by atoms with van der Waals surface area (Å²) >= 11 is 0. The quantitative estimate of drug-likeness (QED) is 0.465. The van der Waals surface area contributed by atoms with Gasteiger partial charge in [0.15, 0.2) is 5.52 Å². The van der Waals surface area contributed by atoms with E-state index in [1.54, 1.807) is 60.9 Å². The van der Waals surface area contributed by atoms with Crippen molar-refractivity contribution < 1.29 is 9.59 Å². The molecule has 0 aliphatic carbocycles. The smallest absolute Gasteiger partial charge is 0.326 e. The fraction of sp³-hybridized carbons (Fsp3) is 0.130. The summed E-state index contributed by atoms with van der Waals surface area (Å²) in [5.41, 5.74) is 0.955. The number of anilines is 2. The van der Waals surface area contributed by atoms with Gasteiger partial charge in [0.1, 0.15) is 6.54 Å². The maximum Gasteiger partial charge on any atom is 0.332 e. The van der Waals surface area contributed by atoms with E-state index >= 15 is 0 Å². The fourth-order valence-electron chi connectivity index (χ4n) is 3.39. The minimum absolute atomic E-state index is 0.00422. The molecule has 0 spiro atoms. The molecule has 2 N–H and O–H groups in total. The number of carbonyl (C=O) groups is 2. The third-order valence-electron chi connectivity index (χ3n) is 4.84. The highest BCUT2D eigenvalue weighted by atomic mass is 16.2. The Bertz CT molecular complexity index is 1440. The molecule has 0 radical (unpaired) electrons. The Morgan fingerprint density at radius 1 is 0.909 bits per heavy atom. The van der Waals surface area contributed by atoms with Gasteiger partial charge >= 0.3 is 5.69 Å². The zero-order chi connectivity index (χ0) is 23.4. The highest BCUT2D eigenvalue weighted by Crippen LogP contribution is 2.14. The molecule has 0 saturated carbocycles. The molecule has 0 unspecified atom stereocenters. The Morgan fingerprint density at radius 2 is 1.61 bits per heavy atom. The molecule has 0 atom stereocenters. The van der Waals surface area contributed by atoms with Crippen molar-refractivity contribution in [2.24, 2.45) is 0 Å². The normalized spacial score (nSPS) is 10.7. The molecule has 0 fully saturated rings. The maximum atomic E-state index is 13.2. The van der Waals surface area contributed by atoms with Crippen LogP contribution in [0.5, 0.6) is 0 Å². The lowest BCUT2D eigenvalue weighted by Gasteiger charge is -2.14. The van der Waals surface area contributed by atoms with Crippen LogP contribution in [0.1, 0.15) is 12.5 Å². The number of nitrogens with zero attached hydrogens (tertiary/aromatic N) is 4. The minimum atomic E-state index is -0.625. The van der Waals surface area contributed by atoms with Crippen LogP contribution in [-0.4, -0.2) is 30.9 Å². The lowest BCUT2D eigenvalue weighted by Crippen LogP contribution is -2.42. The molecule has 0 saturated heterocycles. The first kappa shape index (κ1) is 21.6. The second-order valence-electron chi connectivity index (χ2n) is 7.30. The van der Waals surface area contributed by atoms with Crippen LogP contribution >= 0.6 is 0 Å². The molecular weight excluding hydrogens is 424 g/mol. The van der Waals surface area contributed by atoms with Gasteiger partial charge in [-0.05, 0) is 48.0 Å². The zero-order valence-electron chi connectivity index (χ0n) is 17.7. The van der Waals surface area contributed by atoms with Gasteiger partial charge in [0.25, 0.3) is 5.56 Å². The molecule has 0 bridgehead atoms. The first-order valence-corrected chi connectivity index (χ1v) is 10.1. The third-order valence-corrected chi connectivity index (χ3v) is 4.84. The summed E-state index contributed by atoms with van der Waals surface area (Å²) < 4.78 is 2.27. The molecule has 10 nitrogen and oxygen atoms in total. The van der Waals surface area contributed by atoms with Crippen LogP contribution in [0.2, 0.25) is 0 Å². The molecule has 4 rings (SSSR count). The molecular formula is C23H20N6O4. The van der Waals surface area contributed by atoms with Crippen LogP contribution < -0.4 is 21.9 Å². The van der Waals surface area contributed by atoms with Crippen molar-refractivity contribution in [1.82, 2.24) is 19.1 Å². The Hall–Kier alpha value is -4.60. The summed E-state index contributed by atoms with van der Waals surface area (Å²) in [4.78, 5) is 58.2. The monoisotopic (exact) mass is 444 g/mol. The molecule has 166 valence electrons. The first-order chi connectivity index (χ1) is 15.9. The Labute approximate surface area is 187 Å². The molecule has 33 heavy (non-hydrogen) atoms. The van der Waals surface area contributed by atoms with Gasteiger partial charge in [-0.1, -0.05) is 6.07 Å². The van der Waals surface area contributed by atoms with Gasteiger partial charge in [-0.2, -0.15) is 0 Å². The van der Waals surface area contributed by atoms with Gasteiger partial charge in [-0.25, -0.2) is 9.78 Å². The van der Waals surface area contributed by atoms with Crippen LogP contribution in [-0.2, 0) is 22.7 Å². The van der Waals surface area contributed by atoms with Gasteiger partial charge in [-0.3, -0.25) is 28.5 Å². The van der Waals surface area contributed by atoms with E-state index < -0.39 is 17.2 Å². The summed E-state index contributed by atoms with van der Waals surface area (Å²) in [6, 6.07) is 13.2. The second kappa shape index (κ2) is 9.27. The van der Waals surface area contributed by atoms with Crippen molar-refractivity contribution in [2.75, 3.05) is 10.6 Å². The highest BCUT2D eigenvalue weighted by molar-refractivity contribution is 5.92. The van der Waals surface area contributed by atoms with Gasteiger partial charge in [0.05, 0.1) is 12.1 Å². The number of pyridine rings is 2. The maximum absolute atomic E-state index is 13.2. The molecule has 2 amide bonds. The highest BCUT2D eigenvalue weighted by Gasteiger charge is 2.16. The molecule has 3 aromatic heterocycles. The van der Waals surface area contributed by atoms with Crippen LogP contribution in [0.3, 0.4) is 0 Å². The van der Waals surface area contributed by atoms with E-state index in [1.807, 2.05) is 0 Å². The summed E-state index contributed by atoms with van der Waals surface area (Å²) in [6.45, 7) is 1.09. The molecule has 4 aromatic rings. The van der Waals surface area contributed by atoms with E-state index in [0.717, 1.165) is 4.57 Å². The predicted molar refractivity (Wildman–Crippen MR) is 123 cm³/mol. The number of benzene rings is 1. The Kier molecular flexibility index (Phi) is 6.07. The second-order valence-corrected chi connectivity index (χ2v) is 7.30. The predicted octanol–water partition coefficient (Wildman–Crippen LogP) is 1.60. The minimum Gasteiger partial charge on any atom is -0.326 e. The number of aromatic nitrogens is 4. The number of hydrogen-bond donors (Lipinski definition) is 2. The zero-order valence-corrected chi connectivity index (χ0v) is 17.7. The number of nitrogens with one attached hydrogen (secondary N) is 2. The molecule has 1 aromatic carbocycles. The van der Waals surface area contributed by atoms with Gasteiger partial charge in [-0.15, -0.1) is 0 Å². The Morgan fingerprint density at radius 3 is 2.27 bits per heavy atom. The third kappa shape index (κ3) is 4.85. The number of fused-ring (bicyclic) bond motifs is 1. The number of amides is 2. The van der Waals surface area contributed by atoms with E-state index in [9.17, 15) is 19.2 Å². The van der Waals surface area contributed by atoms with Crippen molar-refractivity contribution in [3.05, 3.63) is 93.5 Å². The summed E-state index contributed by atoms with van der Waals surface area (Å²) in [6.07, 6.45) is 4.62. The number of hydrogen-bond acceptors (Lipinski definition) is 6. The van der Waals surface area contributed by atoms with Crippen molar-refractivity contribution in [2.45, 2.75) is 20.0 Å². The van der Waals surface area contributed by atoms with Crippen LogP contribution in [0.4, 0.5) is 11.4 Å². The average molecular weight is 444 g/mol. The standard InChI is InChI=1S/C23H20N6O4/c1-15(30)26-17-6-8-18(9-7-17)27-20(31)14-28-19-5-3-11-25-21(19)22(32)29(23(28)33)13-16-4-2-10-24-12-16/h2-12H,13-14H2,1H3,(H,26,30)(H,27,31). The van der Waals surface area contributed by atoms with Crippen molar-refractivity contribution in [1.29, 1.82) is 0 Å². The summed E-state index contributed by atoms with van der Waals surface area (Å²) in [5.74, 6) is -0.658. The molecule has 10 heteroatoms. The van der Waals surface area contributed by atoms with E-state index in [2.05, 4.69) is 20.6 Å². The topological polar surface area (TPSA) is 128 Å². The van der Waals surface area contributed by atoms with Gasteiger partial charge in [0, 0.05) is 36.9 Å². The van der Waals surface area contributed by atoms with Gasteiger partial charge in [0.2, 0.25) is 11.8 Å². The average Bonchev–Trinajstić information content (AvgIpc) is 2.81. The first-order valence-electron chi connectivity index (χ1n) is 10.1. The van der Waals surface area contributed by atoms with Crippen LogP contribution in [0, 0.1) is 0 Å². The van der Waals surface area contributed by atoms with Crippen LogP contribution in [0.15, 0.2) is 76.7 Å². The fourth-order valence-corrected chi connectivity index (χ4v) is 3.39. The molecule has 0 aliphatic heterocycles. The van der Waals surface area contributed by atoms with E-state index in [-0.39, 0.29) is 30.0 Å². The number of carbonyl (C=O) groups excluding carboxylic acids is 2. The summed E-state index contributed by atoms with van der Waals surface area (Å²) in [5, 5.41) is 5.36. The number of rotatable bonds is 6. The summed E-state index contributed by atoms with van der Waals surface area (Å²) in [7, 11) is 0. The molecule has 3 heterocycles. The lowest BCUT2D eigenvalue weighted by atomic mass is 10.2. The molecule has 0 aliphatic rings. The van der Waals surface area contributed by atoms with Crippen LogP contribution in [0.25, 0.3) is 11.0 Å². The van der Waals surface area contributed by atoms with E-state index in [1.165, 1.54) is 17.7 Å². The SMILES string of the molecule is CC(=O)Nc1ccc(NC(=O)Cn2c(=O)n(Cc3cccnc3)c(=O)c3ncccc32)cc1. The van der Waals surface area contributed by atoms with Crippen molar-refractivity contribution in [3.8, 4) is 0 Å². The van der Waals surface area contributed by atoms with Gasteiger partial charge < -0.3 is 10.6 Å². The Balaban J connectivity index is 1.65. The van der Waals surface area contributed by atoms with Crippen molar-refractivity contribution >= 4 is 34.2 Å². The largest absolute Gasteiger partial charge is 0.332 e. The van der Waals surface area contributed by atoms with E-state index in [4.69, 9.17) is 0 Å². The van der Waals surface area contributed by atoms with E-state index in [0.29, 0.717) is 16.9 Å².